The van der Waals surface area contributed by atoms with Crippen molar-refractivity contribution in [2.45, 2.75) is 24.9 Å². The number of rotatable bonds is 8. The van der Waals surface area contributed by atoms with E-state index in [-0.39, 0.29) is 6.04 Å². The van der Waals surface area contributed by atoms with Crippen LogP contribution >= 0.6 is 0 Å². The minimum absolute atomic E-state index is 0.351. The number of nitriles is 1. The molecule has 1 fully saturated rings. The van der Waals surface area contributed by atoms with Gasteiger partial charge in [-0.05, 0) is 31.0 Å². The van der Waals surface area contributed by atoms with Crippen molar-refractivity contribution >= 4 is 22.9 Å². The molecule has 0 radical (unpaired) electrons. The second-order valence-electron chi connectivity index (χ2n) is 7.74. The molecule has 1 atom stereocenters. The lowest BCUT2D eigenvalue weighted by Crippen LogP contribution is -2.52. The van der Waals surface area contributed by atoms with Gasteiger partial charge in [0.2, 0.25) is 0 Å². The molecular formula is C21H24N10O. The molecule has 3 heterocycles. The molecule has 1 unspecified atom stereocenters. The van der Waals surface area contributed by atoms with Crippen molar-refractivity contribution in [1.29, 1.82) is 5.26 Å². The highest BCUT2D eigenvalue weighted by Crippen LogP contribution is 2.27. The molecule has 1 aliphatic carbocycles. The summed E-state index contributed by atoms with van der Waals surface area (Å²) in [6.07, 6.45) is 7.47. The molecule has 1 aromatic carbocycles. The number of methoxy groups -OCH3 is 1. The molecule has 32 heavy (non-hydrogen) atoms. The molecule has 0 spiro atoms. The average Bonchev–Trinajstić information content (AvgIpc) is 3.28. The van der Waals surface area contributed by atoms with E-state index in [1.807, 2.05) is 28.8 Å². The van der Waals surface area contributed by atoms with Gasteiger partial charge in [-0.25, -0.2) is 5.01 Å². The smallest absolute Gasteiger partial charge is 0.169 e. The fraction of sp³-hybridized carbons (Fsp3) is 0.381. The number of nitrogens with one attached hydrogen (secondary N) is 3. The van der Waals surface area contributed by atoms with Gasteiger partial charge in [-0.1, -0.05) is 0 Å². The molecule has 11 heteroatoms. The van der Waals surface area contributed by atoms with Crippen LogP contribution in [0.1, 0.15) is 12.8 Å². The monoisotopic (exact) mass is 432 g/mol. The number of nitrogens with zero attached hydrogens (tertiary/aromatic N) is 7. The molecule has 1 saturated carbocycles. The van der Waals surface area contributed by atoms with E-state index in [0.29, 0.717) is 25.7 Å². The summed E-state index contributed by atoms with van der Waals surface area (Å²) in [5.74, 6) is 1.47. The van der Waals surface area contributed by atoms with Crippen LogP contribution in [0.3, 0.4) is 0 Å². The Morgan fingerprint density at radius 3 is 2.91 bits per heavy atom. The normalized spacial score (nSPS) is 20.8. The number of ether oxygens (including phenoxy) is 1. The lowest BCUT2D eigenvalue weighted by atomic mass is 10.2. The van der Waals surface area contributed by atoms with Gasteiger partial charge in [0.25, 0.3) is 0 Å². The fourth-order valence-electron chi connectivity index (χ4n) is 3.58. The van der Waals surface area contributed by atoms with Crippen molar-refractivity contribution in [3.05, 3.63) is 42.8 Å². The number of anilines is 2. The van der Waals surface area contributed by atoms with Crippen molar-refractivity contribution in [1.82, 2.24) is 25.2 Å². The number of aliphatic imine (C=N–C) groups is 2. The number of hydrogen-bond acceptors (Lipinski definition) is 10. The lowest BCUT2D eigenvalue weighted by molar-refractivity contribution is 0.211. The molecular weight excluding hydrogens is 408 g/mol. The van der Waals surface area contributed by atoms with Crippen LogP contribution in [-0.2, 0) is 4.74 Å². The maximum atomic E-state index is 9.51. The molecule has 0 saturated heterocycles. The van der Waals surface area contributed by atoms with Gasteiger partial charge in [0, 0.05) is 25.4 Å². The van der Waals surface area contributed by atoms with Gasteiger partial charge in [-0.3, -0.25) is 20.0 Å². The number of hydrogen-bond donors (Lipinski definition) is 3. The Balaban J connectivity index is 1.42. The van der Waals surface area contributed by atoms with E-state index in [9.17, 15) is 5.26 Å². The van der Waals surface area contributed by atoms with Gasteiger partial charge >= 0.3 is 0 Å². The zero-order valence-electron chi connectivity index (χ0n) is 17.7. The fourth-order valence-corrected chi connectivity index (χ4v) is 3.58. The predicted octanol–water partition coefficient (Wildman–Crippen LogP) is 1.31. The second kappa shape index (κ2) is 8.68. The number of benzene rings is 1. The third-order valence-electron chi connectivity index (χ3n) is 5.32. The first-order valence-corrected chi connectivity index (χ1v) is 10.5. The van der Waals surface area contributed by atoms with Crippen LogP contribution in [0.4, 0.5) is 11.4 Å². The van der Waals surface area contributed by atoms with Crippen LogP contribution in [0, 0.1) is 11.3 Å². The zero-order chi connectivity index (χ0) is 21.9. The Hall–Kier alpha value is -3.91. The second-order valence-corrected chi connectivity index (χ2v) is 7.74. The van der Waals surface area contributed by atoms with Crippen LogP contribution in [0.25, 0.3) is 5.69 Å². The highest BCUT2D eigenvalue weighted by molar-refractivity contribution is 6.46. The highest BCUT2D eigenvalue weighted by Gasteiger charge is 2.35. The van der Waals surface area contributed by atoms with E-state index < -0.39 is 0 Å². The van der Waals surface area contributed by atoms with Crippen LogP contribution in [0.5, 0.6) is 0 Å². The highest BCUT2D eigenvalue weighted by atomic mass is 16.5. The maximum absolute atomic E-state index is 9.51. The van der Waals surface area contributed by atoms with Crippen LogP contribution in [0.15, 0.2) is 52.7 Å². The van der Waals surface area contributed by atoms with Crippen molar-refractivity contribution in [2.75, 3.05) is 37.4 Å². The largest absolute Gasteiger partial charge is 0.383 e. The van der Waals surface area contributed by atoms with Crippen LogP contribution in [0.2, 0.25) is 0 Å². The Kier molecular flexibility index (Phi) is 5.43. The molecule has 2 aromatic rings. The molecule has 2 aliphatic heterocycles. The molecule has 5 rings (SSSR count). The van der Waals surface area contributed by atoms with Gasteiger partial charge in [-0.2, -0.15) is 5.26 Å². The number of aromatic nitrogens is 3. The number of hydrazine groups is 1. The van der Waals surface area contributed by atoms with E-state index in [1.54, 1.807) is 24.8 Å². The standard InChI is InChI=1S/C21H24N10O/c1-32-7-6-23-17-5-4-15(8-19(17)30-12-25-26-13-30)28-20-9-18(27-14-2-3-14)21-24-11-16(10-22)31(21)29-20/h4-5,8-9,12-14,16,23,28-29H,2-3,6-7,11H2,1H3. The summed E-state index contributed by atoms with van der Waals surface area (Å²) in [6, 6.07) is 8.28. The molecule has 3 N–H and O–H groups in total. The van der Waals surface area contributed by atoms with Crippen molar-refractivity contribution in [3.63, 3.8) is 0 Å². The first-order chi connectivity index (χ1) is 15.7. The molecule has 3 aliphatic rings. The van der Waals surface area contributed by atoms with Gasteiger partial charge < -0.3 is 15.4 Å². The van der Waals surface area contributed by atoms with Gasteiger partial charge in [-0.15, -0.1) is 10.2 Å². The summed E-state index contributed by atoms with van der Waals surface area (Å²) < 4.78 is 6.99. The van der Waals surface area contributed by atoms with Gasteiger partial charge in [0.05, 0.1) is 36.6 Å². The van der Waals surface area contributed by atoms with Crippen molar-refractivity contribution in [3.8, 4) is 11.8 Å². The summed E-state index contributed by atoms with van der Waals surface area (Å²) in [5.41, 5.74) is 6.80. The third kappa shape index (κ3) is 4.13. The molecule has 0 amide bonds. The molecule has 11 nitrogen and oxygen atoms in total. The van der Waals surface area contributed by atoms with Gasteiger partial charge in [0.15, 0.2) is 11.9 Å². The molecule has 0 bridgehead atoms. The average molecular weight is 432 g/mol. The third-order valence-corrected chi connectivity index (χ3v) is 5.32. The van der Waals surface area contributed by atoms with Crippen LogP contribution < -0.4 is 16.1 Å². The Morgan fingerprint density at radius 1 is 1.31 bits per heavy atom. The molecule has 1 aromatic heterocycles. The Labute approximate surface area is 185 Å². The van der Waals surface area contributed by atoms with Crippen LogP contribution in [-0.4, -0.2) is 70.2 Å². The predicted molar refractivity (Wildman–Crippen MR) is 121 cm³/mol. The summed E-state index contributed by atoms with van der Waals surface area (Å²) in [6.45, 7) is 1.71. The van der Waals surface area contributed by atoms with E-state index >= 15 is 0 Å². The quantitative estimate of drug-likeness (QED) is 0.533. The topological polar surface area (TPSA) is 128 Å². The van der Waals surface area contributed by atoms with E-state index in [4.69, 9.17) is 9.73 Å². The first-order valence-electron chi connectivity index (χ1n) is 10.5. The summed E-state index contributed by atoms with van der Waals surface area (Å²) >= 11 is 0. The lowest BCUT2D eigenvalue weighted by Gasteiger charge is -2.31. The minimum atomic E-state index is -0.361. The SMILES string of the molecule is COCCNc1ccc(NC2=CC(=NC3CC3)C3=NCC(C#N)N3N2)cc1-n1cnnc1. The van der Waals surface area contributed by atoms with Crippen molar-refractivity contribution < 1.29 is 4.74 Å². The summed E-state index contributed by atoms with van der Waals surface area (Å²) in [5, 5.41) is 26.0. The Bertz CT molecular complexity index is 1110. The summed E-state index contributed by atoms with van der Waals surface area (Å²) in [7, 11) is 1.68. The minimum Gasteiger partial charge on any atom is -0.383 e. The van der Waals surface area contributed by atoms with E-state index in [0.717, 1.165) is 47.3 Å². The maximum Gasteiger partial charge on any atom is 0.169 e. The Morgan fingerprint density at radius 2 is 2.16 bits per heavy atom. The van der Waals surface area contributed by atoms with E-state index in [1.165, 1.54) is 0 Å². The molecule has 164 valence electrons. The van der Waals surface area contributed by atoms with Gasteiger partial charge in [0.1, 0.15) is 24.2 Å². The zero-order valence-corrected chi connectivity index (χ0v) is 17.7. The first kappa shape index (κ1) is 20.0. The van der Waals surface area contributed by atoms with E-state index in [2.05, 4.69) is 37.3 Å². The number of fused-ring (bicyclic) bond motifs is 1. The number of amidine groups is 1. The van der Waals surface area contributed by atoms with Crippen molar-refractivity contribution in [2.24, 2.45) is 9.98 Å². The summed E-state index contributed by atoms with van der Waals surface area (Å²) in [4.78, 5) is 9.33.